The van der Waals surface area contributed by atoms with E-state index >= 15 is 0 Å². The molecule has 0 amide bonds. The van der Waals surface area contributed by atoms with Gasteiger partial charge in [0, 0.05) is 5.56 Å². The first-order valence-corrected chi connectivity index (χ1v) is 5.96. The number of halogens is 1. The van der Waals surface area contributed by atoms with E-state index in [0.717, 1.165) is 0 Å². The van der Waals surface area contributed by atoms with Crippen LogP contribution in [0.25, 0.3) is 11.0 Å². The molecule has 1 aromatic heterocycles. The Hall–Kier alpha value is -2.76. The standard InChI is InChI=1S/C14H10FN3O2/c15-11-6-2-1-4-9(11)8-18-12-7-3-5-10(14(19)20)13(12)16-17-18/h1-7H,8H2,(H,19,20). The quantitative estimate of drug-likeness (QED) is 0.793. The molecule has 3 rings (SSSR count). The molecule has 0 aliphatic rings. The van der Waals surface area contributed by atoms with Gasteiger partial charge in [0.1, 0.15) is 11.3 Å². The summed E-state index contributed by atoms with van der Waals surface area (Å²) in [4.78, 5) is 11.1. The zero-order valence-electron chi connectivity index (χ0n) is 10.3. The summed E-state index contributed by atoms with van der Waals surface area (Å²) in [5.41, 5.74) is 1.42. The minimum Gasteiger partial charge on any atom is -0.478 e. The summed E-state index contributed by atoms with van der Waals surface area (Å²) < 4.78 is 15.1. The molecule has 0 atom stereocenters. The molecule has 0 spiro atoms. The maximum absolute atomic E-state index is 13.6. The highest BCUT2D eigenvalue weighted by molar-refractivity contribution is 6.00. The number of aromatic nitrogens is 3. The molecular formula is C14H10FN3O2. The molecule has 0 radical (unpaired) electrons. The van der Waals surface area contributed by atoms with Crippen molar-refractivity contribution < 1.29 is 14.3 Å². The SMILES string of the molecule is O=C(O)c1cccc2c1nnn2Cc1ccccc1F. The third kappa shape index (κ3) is 2.01. The first-order chi connectivity index (χ1) is 9.66. The van der Waals surface area contributed by atoms with Crippen LogP contribution >= 0.6 is 0 Å². The van der Waals surface area contributed by atoms with Crippen molar-refractivity contribution in [3.05, 3.63) is 59.4 Å². The second-order valence-corrected chi connectivity index (χ2v) is 4.32. The van der Waals surface area contributed by atoms with Crippen LogP contribution < -0.4 is 0 Å². The largest absolute Gasteiger partial charge is 0.478 e. The zero-order chi connectivity index (χ0) is 14.1. The van der Waals surface area contributed by atoms with E-state index in [1.807, 2.05) is 0 Å². The average molecular weight is 271 g/mol. The summed E-state index contributed by atoms with van der Waals surface area (Å²) in [6.45, 7) is 0.201. The summed E-state index contributed by atoms with van der Waals surface area (Å²) in [5, 5.41) is 16.9. The van der Waals surface area contributed by atoms with Crippen LogP contribution in [0.15, 0.2) is 42.5 Å². The number of aromatic carboxylic acids is 1. The van der Waals surface area contributed by atoms with Crippen molar-refractivity contribution in [2.24, 2.45) is 0 Å². The molecule has 1 N–H and O–H groups in total. The smallest absolute Gasteiger partial charge is 0.338 e. The lowest BCUT2D eigenvalue weighted by atomic mass is 10.1. The van der Waals surface area contributed by atoms with Crippen molar-refractivity contribution >= 4 is 17.0 Å². The number of hydrogen-bond donors (Lipinski definition) is 1. The summed E-state index contributed by atoms with van der Waals surface area (Å²) in [6.07, 6.45) is 0. The lowest BCUT2D eigenvalue weighted by Crippen LogP contribution is -2.04. The molecule has 5 nitrogen and oxygen atoms in total. The van der Waals surface area contributed by atoms with Gasteiger partial charge in [0.15, 0.2) is 0 Å². The predicted molar refractivity (Wildman–Crippen MR) is 70.0 cm³/mol. The van der Waals surface area contributed by atoms with Crippen LogP contribution in [-0.4, -0.2) is 26.1 Å². The van der Waals surface area contributed by atoms with Gasteiger partial charge < -0.3 is 5.11 Å². The normalized spacial score (nSPS) is 10.8. The fourth-order valence-corrected chi connectivity index (χ4v) is 2.07. The van der Waals surface area contributed by atoms with Crippen LogP contribution in [0, 0.1) is 5.82 Å². The Kier molecular flexibility index (Phi) is 2.90. The minimum absolute atomic E-state index is 0.0854. The molecule has 0 aliphatic heterocycles. The van der Waals surface area contributed by atoms with E-state index in [9.17, 15) is 9.18 Å². The van der Waals surface area contributed by atoms with E-state index in [1.165, 1.54) is 16.8 Å². The maximum atomic E-state index is 13.6. The minimum atomic E-state index is -1.06. The molecule has 1 heterocycles. The van der Waals surface area contributed by atoms with Crippen molar-refractivity contribution in [1.29, 1.82) is 0 Å². The molecule has 0 aliphatic carbocycles. The molecular weight excluding hydrogens is 261 g/mol. The van der Waals surface area contributed by atoms with E-state index in [1.54, 1.807) is 30.3 Å². The van der Waals surface area contributed by atoms with Gasteiger partial charge >= 0.3 is 5.97 Å². The number of carboxylic acid groups (broad SMARTS) is 1. The first-order valence-electron chi connectivity index (χ1n) is 5.96. The number of hydrogen-bond acceptors (Lipinski definition) is 3. The highest BCUT2D eigenvalue weighted by atomic mass is 19.1. The van der Waals surface area contributed by atoms with Gasteiger partial charge in [-0.2, -0.15) is 0 Å². The highest BCUT2D eigenvalue weighted by Gasteiger charge is 2.14. The Morgan fingerprint density at radius 3 is 2.75 bits per heavy atom. The topological polar surface area (TPSA) is 68.0 Å². The Labute approximate surface area is 113 Å². The molecule has 3 aromatic rings. The molecule has 0 unspecified atom stereocenters. The molecule has 0 saturated heterocycles. The third-order valence-corrected chi connectivity index (χ3v) is 3.05. The van der Waals surface area contributed by atoms with Gasteiger partial charge in [-0.15, -0.1) is 5.10 Å². The number of carboxylic acids is 1. The van der Waals surface area contributed by atoms with Crippen LogP contribution in [-0.2, 0) is 6.54 Å². The second kappa shape index (κ2) is 4.73. The Balaban J connectivity index is 2.08. The van der Waals surface area contributed by atoms with Crippen LogP contribution in [0.1, 0.15) is 15.9 Å². The first kappa shape index (κ1) is 12.3. The van der Waals surface area contributed by atoms with E-state index in [0.29, 0.717) is 16.6 Å². The third-order valence-electron chi connectivity index (χ3n) is 3.05. The van der Waals surface area contributed by atoms with Gasteiger partial charge in [-0.25, -0.2) is 13.9 Å². The van der Waals surface area contributed by atoms with Gasteiger partial charge in [-0.05, 0) is 18.2 Å². The second-order valence-electron chi connectivity index (χ2n) is 4.32. The monoisotopic (exact) mass is 271 g/mol. The molecule has 0 bridgehead atoms. The van der Waals surface area contributed by atoms with Crippen molar-refractivity contribution in [1.82, 2.24) is 15.0 Å². The van der Waals surface area contributed by atoms with E-state index in [2.05, 4.69) is 10.3 Å². The molecule has 0 fully saturated rings. The Morgan fingerprint density at radius 1 is 1.20 bits per heavy atom. The average Bonchev–Trinajstić information content (AvgIpc) is 2.84. The van der Waals surface area contributed by atoms with Crippen molar-refractivity contribution in [2.45, 2.75) is 6.54 Å². The molecule has 20 heavy (non-hydrogen) atoms. The van der Waals surface area contributed by atoms with Gasteiger partial charge in [-0.1, -0.05) is 29.5 Å². The summed E-state index contributed by atoms with van der Waals surface area (Å²) >= 11 is 0. The van der Waals surface area contributed by atoms with Gasteiger partial charge in [0.25, 0.3) is 0 Å². The Morgan fingerprint density at radius 2 is 2.00 bits per heavy atom. The van der Waals surface area contributed by atoms with E-state index in [4.69, 9.17) is 5.11 Å². The molecule has 6 heteroatoms. The van der Waals surface area contributed by atoms with Gasteiger partial charge in [0.2, 0.25) is 0 Å². The Bertz CT molecular complexity index is 798. The number of benzene rings is 2. The molecule has 2 aromatic carbocycles. The van der Waals surface area contributed by atoms with Crippen molar-refractivity contribution in [2.75, 3.05) is 0 Å². The number of nitrogens with zero attached hydrogens (tertiary/aromatic N) is 3. The lowest BCUT2D eigenvalue weighted by molar-refractivity contribution is 0.0699. The summed E-state index contributed by atoms with van der Waals surface area (Å²) in [5.74, 6) is -1.39. The fourth-order valence-electron chi connectivity index (χ4n) is 2.07. The highest BCUT2D eigenvalue weighted by Crippen LogP contribution is 2.18. The van der Waals surface area contributed by atoms with Gasteiger partial charge in [-0.3, -0.25) is 0 Å². The van der Waals surface area contributed by atoms with Crippen molar-refractivity contribution in [3.8, 4) is 0 Å². The van der Waals surface area contributed by atoms with E-state index in [-0.39, 0.29) is 17.9 Å². The van der Waals surface area contributed by atoms with Crippen molar-refractivity contribution in [3.63, 3.8) is 0 Å². The molecule has 0 saturated carbocycles. The van der Waals surface area contributed by atoms with Crippen LogP contribution in [0.5, 0.6) is 0 Å². The number of carbonyl (C=O) groups is 1. The predicted octanol–water partition coefficient (Wildman–Crippen LogP) is 2.32. The van der Waals surface area contributed by atoms with Crippen LogP contribution in [0.3, 0.4) is 0 Å². The lowest BCUT2D eigenvalue weighted by Gasteiger charge is -2.04. The maximum Gasteiger partial charge on any atom is 0.338 e. The van der Waals surface area contributed by atoms with Crippen LogP contribution in [0.2, 0.25) is 0 Å². The number of fused-ring (bicyclic) bond motifs is 1. The van der Waals surface area contributed by atoms with Gasteiger partial charge in [0.05, 0.1) is 17.6 Å². The summed E-state index contributed by atoms with van der Waals surface area (Å²) in [7, 11) is 0. The summed E-state index contributed by atoms with van der Waals surface area (Å²) in [6, 6.07) is 11.2. The van der Waals surface area contributed by atoms with E-state index < -0.39 is 5.97 Å². The zero-order valence-corrected chi connectivity index (χ0v) is 10.3. The van der Waals surface area contributed by atoms with Crippen LogP contribution in [0.4, 0.5) is 4.39 Å². The fraction of sp³-hybridized carbons (Fsp3) is 0.0714. The number of rotatable bonds is 3. The molecule has 100 valence electrons.